The average molecular weight is 517 g/mol. The predicted octanol–water partition coefficient (Wildman–Crippen LogP) is 6.36. The number of anilines is 1. The quantitative estimate of drug-likeness (QED) is 0.452. The number of amides is 1. The van der Waals surface area contributed by atoms with Crippen molar-refractivity contribution in [3.63, 3.8) is 0 Å². The minimum atomic E-state index is -0.134. The molecule has 32 heavy (non-hydrogen) atoms. The van der Waals surface area contributed by atoms with Crippen LogP contribution in [0.3, 0.4) is 0 Å². The monoisotopic (exact) mass is 516 g/mol. The SMILES string of the molecule is COc1cc(/C=C2\SC(Nc3ccccc3)N([C@@H]3CCCC[C@H]3C)C2=O)cc(Br)c1OC. The van der Waals surface area contributed by atoms with Gasteiger partial charge in [-0.25, -0.2) is 0 Å². The van der Waals surface area contributed by atoms with Gasteiger partial charge in [-0.2, -0.15) is 0 Å². The summed E-state index contributed by atoms with van der Waals surface area (Å²) in [5.74, 6) is 1.85. The maximum Gasteiger partial charge on any atom is 0.262 e. The van der Waals surface area contributed by atoms with Crippen molar-refractivity contribution in [1.29, 1.82) is 0 Å². The molecule has 1 amide bonds. The Balaban J connectivity index is 1.67. The first-order valence-corrected chi connectivity index (χ1v) is 12.6. The van der Waals surface area contributed by atoms with Crippen molar-refractivity contribution < 1.29 is 14.3 Å². The molecule has 4 rings (SSSR count). The molecule has 1 N–H and O–H groups in total. The smallest absolute Gasteiger partial charge is 0.262 e. The van der Waals surface area contributed by atoms with Crippen LogP contribution in [0.4, 0.5) is 5.69 Å². The minimum absolute atomic E-state index is 0.0908. The van der Waals surface area contributed by atoms with Crippen molar-refractivity contribution >= 4 is 45.4 Å². The molecule has 1 unspecified atom stereocenters. The molecule has 2 aromatic rings. The second kappa shape index (κ2) is 10.2. The van der Waals surface area contributed by atoms with E-state index >= 15 is 0 Å². The van der Waals surface area contributed by atoms with Crippen LogP contribution in [0.15, 0.2) is 51.8 Å². The zero-order chi connectivity index (χ0) is 22.7. The molecule has 0 radical (unpaired) electrons. The first kappa shape index (κ1) is 23.1. The predicted molar refractivity (Wildman–Crippen MR) is 135 cm³/mol. The standard InChI is InChI=1S/C25H29BrN2O3S/c1-16-9-7-8-12-20(16)28-24(29)22(32-25(28)27-18-10-5-4-6-11-18)15-17-13-19(26)23(31-3)21(14-17)30-2/h4-6,10-11,13-16,20,25,27H,7-9,12H2,1-3H3/b22-15-/t16-,20-,25?/m1/s1. The number of hydrogen-bond donors (Lipinski definition) is 1. The highest BCUT2D eigenvalue weighted by molar-refractivity contribution is 9.10. The molecule has 7 heteroatoms. The summed E-state index contributed by atoms with van der Waals surface area (Å²) in [4.78, 5) is 16.5. The highest BCUT2D eigenvalue weighted by Gasteiger charge is 2.42. The number of nitrogens with one attached hydrogen (secondary N) is 1. The van der Waals surface area contributed by atoms with Crippen LogP contribution < -0.4 is 14.8 Å². The average Bonchev–Trinajstić information content (AvgIpc) is 3.08. The van der Waals surface area contributed by atoms with Crippen molar-refractivity contribution in [3.8, 4) is 11.5 Å². The van der Waals surface area contributed by atoms with Gasteiger partial charge in [-0.3, -0.25) is 4.79 Å². The third-order valence-corrected chi connectivity index (χ3v) is 7.88. The van der Waals surface area contributed by atoms with Gasteiger partial charge in [0.2, 0.25) is 0 Å². The largest absolute Gasteiger partial charge is 0.493 e. The van der Waals surface area contributed by atoms with Crippen LogP contribution in [0, 0.1) is 5.92 Å². The van der Waals surface area contributed by atoms with Crippen LogP contribution in [0.1, 0.15) is 38.2 Å². The van der Waals surface area contributed by atoms with Crippen molar-refractivity contribution in [2.75, 3.05) is 19.5 Å². The Kier molecular flexibility index (Phi) is 7.36. The molecule has 1 aliphatic carbocycles. The number of thioether (sulfide) groups is 1. The number of hydrogen-bond acceptors (Lipinski definition) is 5. The number of benzene rings is 2. The summed E-state index contributed by atoms with van der Waals surface area (Å²) in [6.45, 7) is 2.27. The number of carbonyl (C=O) groups is 1. The first-order valence-electron chi connectivity index (χ1n) is 11.0. The van der Waals surface area contributed by atoms with E-state index in [0.29, 0.717) is 17.4 Å². The van der Waals surface area contributed by atoms with Gasteiger partial charge in [-0.15, -0.1) is 0 Å². The molecule has 0 spiro atoms. The van der Waals surface area contributed by atoms with Gasteiger partial charge < -0.3 is 19.7 Å². The van der Waals surface area contributed by atoms with E-state index < -0.39 is 0 Å². The van der Waals surface area contributed by atoms with Crippen molar-refractivity contribution in [3.05, 3.63) is 57.4 Å². The van der Waals surface area contributed by atoms with Crippen LogP contribution in [0.25, 0.3) is 6.08 Å². The van der Waals surface area contributed by atoms with Crippen molar-refractivity contribution in [1.82, 2.24) is 4.90 Å². The number of nitrogens with zero attached hydrogens (tertiary/aromatic N) is 1. The number of methoxy groups -OCH3 is 2. The summed E-state index contributed by atoms with van der Waals surface area (Å²) >= 11 is 5.13. The van der Waals surface area contributed by atoms with E-state index in [0.717, 1.165) is 27.0 Å². The van der Waals surface area contributed by atoms with Gasteiger partial charge in [0.05, 0.1) is 23.6 Å². The number of rotatable bonds is 6. The van der Waals surface area contributed by atoms with Crippen LogP contribution >= 0.6 is 27.7 Å². The molecular formula is C25H29BrN2O3S. The Bertz CT molecular complexity index is 998. The third-order valence-electron chi connectivity index (χ3n) is 6.18. The molecule has 5 nitrogen and oxygen atoms in total. The summed E-state index contributed by atoms with van der Waals surface area (Å²) in [6.07, 6.45) is 6.58. The lowest BCUT2D eigenvalue weighted by Crippen LogP contribution is -2.48. The Morgan fingerprint density at radius 2 is 1.88 bits per heavy atom. The van der Waals surface area contributed by atoms with E-state index in [9.17, 15) is 4.79 Å². The molecule has 1 saturated heterocycles. The first-order chi connectivity index (χ1) is 15.5. The summed E-state index contributed by atoms with van der Waals surface area (Å²) in [7, 11) is 3.23. The lowest BCUT2D eigenvalue weighted by molar-refractivity contribution is -0.129. The summed E-state index contributed by atoms with van der Waals surface area (Å²) in [5, 5.41) is 3.58. The van der Waals surface area contributed by atoms with E-state index in [-0.39, 0.29) is 17.4 Å². The zero-order valence-corrected chi connectivity index (χ0v) is 21.0. The lowest BCUT2D eigenvalue weighted by atomic mass is 9.85. The minimum Gasteiger partial charge on any atom is -0.493 e. The van der Waals surface area contributed by atoms with Crippen LogP contribution in [-0.2, 0) is 4.79 Å². The number of ether oxygens (including phenoxy) is 2. The van der Waals surface area contributed by atoms with Gasteiger partial charge >= 0.3 is 0 Å². The van der Waals surface area contributed by atoms with Crippen LogP contribution in [0.5, 0.6) is 11.5 Å². The highest BCUT2D eigenvalue weighted by Crippen LogP contribution is 2.43. The van der Waals surface area contributed by atoms with Gasteiger partial charge in [-0.1, -0.05) is 49.7 Å². The fraction of sp³-hybridized carbons (Fsp3) is 0.400. The molecule has 0 bridgehead atoms. The van der Waals surface area contributed by atoms with E-state index in [4.69, 9.17) is 9.47 Å². The Hall–Kier alpha value is -2.12. The topological polar surface area (TPSA) is 50.8 Å². The third kappa shape index (κ3) is 4.79. The van der Waals surface area contributed by atoms with Gasteiger partial charge in [0.15, 0.2) is 17.0 Å². The molecule has 2 aliphatic rings. The molecule has 2 fully saturated rings. The second-order valence-electron chi connectivity index (χ2n) is 8.27. The molecule has 1 saturated carbocycles. The van der Waals surface area contributed by atoms with Gasteiger partial charge in [0, 0.05) is 11.7 Å². The number of para-hydroxylation sites is 1. The van der Waals surface area contributed by atoms with Gasteiger partial charge in [0.1, 0.15) is 0 Å². The Labute approximate surface area is 202 Å². The summed E-state index contributed by atoms with van der Waals surface area (Å²) in [5.41, 5.74) is 1.77. The van der Waals surface area contributed by atoms with E-state index in [1.54, 1.807) is 26.0 Å². The Morgan fingerprint density at radius 1 is 1.12 bits per heavy atom. The number of carbonyl (C=O) groups excluding carboxylic acids is 1. The second-order valence-corrected chi connectivity index (χ2v) is 10.2. The van der Waals surface area contributed by atoms with Crippen LogP contribution in [-0.4, -0.2) is 36.6 Å². The molecule has 1 aliphatic heterocycles. The summed E-state index contributed by atoms with van der Waals surface area (Å²) in [6, 6.07) is 14.2. The van der Waals surface area contributed by atoms with Gasteiger partial charge in [0.25, 0.3) is 5.91 Å². The normalized spacial score (nSPS) is 24.6. The maximum atomic E-state index is 13.6. The molecule has 2 aromatic carbocycles. The van der Waals surface area contributed by atoms with Crippen LogP contribution in [0.2, 0.25) is 0 Å². The molecule has 0 aromatic heterocycles. The Morgan fingerprint density at radius 3 is 2.56 bits per heavy atom. The fourth-order valence-corrected chi connectivity index (χ4v) is 6.37. The summed E-state index contributed by atoms with van der Waals surface area (Å²) < 4.78 is 11.7. The molecule has 3 atom stereocenters. The van der Waals surface area contributed by atoms with Crippen molar-refractivity contribution in [2.45, 2.75) is 44.1 Å². The fourth-order valence-electron chi connectivity index (χ4n) is 4.54. The highest BCUT2D eigenvalue weighted by atomic mass is 79.9. The maximum absolute atomic E-state index is 13.6. The molecular weight excluding hydrogens is 488 g/mol. The van der Waals surface area contributed by atoms with E-state index in [1.165, 1.54) is 19.3 Å². The van der Waals surface area contributed by atoms with Crippen molar-refractivity contribution in [2.24, 2.45) is 5.92 Å². The van der Waals surface area contributed by atoms with Gasteiger partial charge in [-0.05, 0) is 70.6 Å². The molecule has 1 heterocycles. The van der Waals surface area contributed by atoms with E-state index in [1.807, 2.05) is 48.5 Å². The van der Waals surface area contributed by atoms with E-state index in [2.05, 4.69) is 33.1 Å². The zero-order valence-electron chi connectivity index (χ0n) is 18.6. The molecule has 170 valence electrons. The lowest BCUT2D eigenvalue weighted by Gasteiger charge is -2.39. The number of halogens is 1.